The van der Waals surface area contributed by atoms with E-state index in [1.807, 2.05) is 12.2 Å². The number of unbranched alkanes of at least 4 members (excludes halogenated alkanes) is 5. The number of carboxylic acid groups (broad SMARTS) is 1. The van der Waals surface area contributed by atoms with Gasteiger partial charge in [-0.25, -0.2) is 4.79 Å². The second-order valence-electron chi connectivity index (χ2n) is 8.68. The van der Waals surface area contributed by atoms with E-state index in [0.717, 1.165) is 37.2 Å². The average Bonchev–Trinajstić information content (AvgIpc) is 2.74. The van der Waals surface area contributed by atoms with E-state index < -0.39 is 5.97 Å². The Bertz CT molecular complexity index is 618. The number of benzene rings is 1. The van der Waals surface area contributed by atoms with Gasteiger partial charge in [0.2, 0.25) is 0 Å². The molecule has 2 rings (SSSR count). The molecule has 0 atom stereocenters. The van der Waals surface area contributed by atoms with Crippen LogP contribution in [-0.4, -0.2) is 11.1 Å². The summed E-state index contributed by atoms with van der Waals surface area (Å²) in [4.78, 5) is 10.4. The molecule has 0 saturated heterocycles. The van der Waals surface area contributed by atoms with Crippen molar-refractivity contribution in [3.8, 4) is 0 Å². The van der Waals surface area contributed by atoms with Crippen LogP contribution in [0.5, 0.6) is 0 Å². The number of aliphatic carboxylic acids is 1. The second kappa shape index (κ2) is 14.2. The van der Waals surface area contributed by atoms with Gasteiger partial charge in [-0.3, -0.25) is 0 Å². The molecule has 2 heteroatoms. The number of hydrogen-bond acceptors (Lipinski definition) is 1. The summed E-state index contributed by atoms with van der Waals surface area (Å²) in [6.07, 6.45) is 23.8. The molecule has 1 aliphatic carbocycles. The molecule has 160 valence electrons. The van der Waals surface area contributed by atoms with Crippen molar-refractivity contribution in [2.24, 2.45) is 5.92 Å². The fourth-order valence-corrected chi connectivity index (χ4v) is 4.51. The standard InChI is InChI=1S/C27H40O2/c1-2-3-4-6-9-12-23-15-19-25(20-16-23)26-21-17-24(18-22-26)13-10-7-5-8-11-14-27(28)29/h5,8,11,14,17-18,21-23,25H,2-4,6-7,9-10,12-13,15-16,19-20H2,1H3,(H,28,29)/b8-5+,14-11+. The number of rotatable bonds is 13. The Hall–Kier alpha value is -1.83. The van der Waals surface area contributed by atoms with E-state index in [1.54, 1.807) is 6.08 Å². The van der Waals surface area contributed by atoms with Gasteiger partial charge < -0.3 is 5.11 Å². The lowest BCUT2D eigenvalue weighted by Crippen LogP contribution is -2.13. The minimum Gasteiger partial charge on any atom is -0.478 e. The maximum atomic E-state index is 10.4. The van der Waals surface area contributed by atoms with E-state index in [2.05, 4.69) is 31.2 Å². The largest absolute Gasteiger partial charge is 0.478 e. The summed E-state index contributed by atoms with van der Waals surface area (Å²) < 4.78 is 0. The molecule has 1 aliphatic rings. The predicted octanol–water partition coefficient (Wildman–Crippen LogP) is 7.84. The fraction of sp³-hybridized carbons (Fsp3) is 0.593. The molecular formula is C27H40O2. The molecule has 1 aromatic rings. The first-order valence-electron chi connectivity index (χ1n) is 11.8. The predicted molar refractivity (Wildman–Crippen MR) is 123 cm³/mol. The van der Waals surface area contributed by atoms with Crippen LogP contribution in [0.4, 0.5) is 0 Å². The zero-order valence-electron chi connectivity index (χ0n) is 18.3. The first kappa shape index (κ1) is 23.4. The number of aryl methyl sites for hydroxylation is 1. The summed E-state index contributed by atoms with van der Waals surface area (Å²) >= 11 is 0. The van der Waals surface area contributed by atoms with E-state index in [0.29, 0.717) is 0 Å². The average molecular weight is 397 g/mol. The quantitative estimate of drug-likeness (QED) is 0.209. The second-order valence-corrected chi connectivity index (χ2v) is 8.68. The summed E-state index contributed by atoms with van der Waals surface area (Å²) in [6, 6.07) is 9.33. The molecule has 0 radical (unpaired) electrons. The number of hydrogen-bond donors (Lipinski definition) is 1. The van der Waals surface area contributed by atoms with Crippen LogP contribution in [0.25, 0.3) is 0 Å². The Morgan fingerprint density at radius 2 is 1.69 bits per heavy atom. The van der Waals surface area contributed by atoms with Crippen molar-refractivity contribution in [1.29, 1.82) is 0 Å². The van der Waals surface area contributed by atoms with Crippen LogP contribution < -0.4 is 0 Å². The minimum absolute atomic E-state index is 0.768. The van der Waals surface area contributed by atoms with Crippen molar-refractivity contribution in [1.82, 2.24) is 0 Å². The van der Waals surface area contributed by atoms with Crippen molar-refractivity contribution in [3.05, 3.63) is 59.7 Å². The molecule has 0 aliphatic heterocycles. The molecule has 0 aromatic heterocycles. The first-order valence-corrected chi connectivity index (χ1v) is 11.8. The van der Waals surface area contributed by atoms with Gasteiger partial charge in [0.25, 0.3) is 0 Å². The Balaban J connectivity index is 1.63. The maximum absolute atomic E-state index is 10.4. The van der Waals surface area contributed by atoms with Gasteiger partial charge in [0.05, 0.1) is 0 Å². The molecule has 1 aromatic carbocycles. The van der Waals surface area contributed by atoms with Gasteiger partial charge in [0.15, 0.2) is 0 Å². The summed E-state index contributed by atoms with van der Waals surface area (Å²) in [7, 11) is 0. The van der Waals surface area contributed by atoms with Gasteiger partial charge in [-0.05, 0) is 67.9 Å². The Morgan fingerprint density at radius 3 is 2.38 bits per heavy atom. The number of allylic oxidation sites excluding steroid dienone is 3. The van der Waals surface area contributed by atoms with Gasteiger partial charge in [-0.1, -0.05) is 87.9 Å². The van der Waals surface area contributed by atoms with Crippen LogP contribution in [0.15, 0.2) is 48.6 Å². The third-order valence-corrected chi connectivity index (χ3v) is 6.34. The number of carbonyl (C=O) groups is 1. The third-order valence-electron chi connectivity index (χ3n) is 6.34. The van der Waals surface area contributed by atoms with E-state index in [-0.39, 0.29) is 0 Å². The molecule has 2 nitrogen and oxygen atoms in total. The Morgan fingerprint density at radius 1 is 0.966 bits per heavy atom. The van der Waals surface area contributed by atoms with E-state index >= 15 is 0 Å². The van der Waals surface area contributed by atoms with Gasteiger partial charge in [-0.2, -0.15) is 0 Å². The third kappa shape index (κ3) is 9.96. The first-order chi connectivity index (χ1) is 14.2. The molecular weight excluding hydrogens is 356 g/mol. The highest BCUT2D eigenvalue weighted by Gasteiger charge is 2.21. The highest BCUT2D eigenvalue weighted by Crippen LogP contribution is 2.37. The van der Waals surface area contributed by atoms with Gasteiger partial charge in [0, 0.05) is 6.08 Å². The normalized spacial score (nSPS) is 19.9. The maximum Gasteiger partial charge on any atom is 0.328 e. The molecule has 0 bridgehead atoms. The van der Waals surface area contributed by atoms with Crippen molar-refractivity contribution in [3.63, 3.8) is 0 Å². The molecule has 0 heterocycles. The molecule has 1 fully saturated rings. The summed E-state index contributed by atoms with van der Waals surface area (Å²) in [5.41, 5.74) is 2.94. The van der Waals surface area contributed by atoms with Gasteiger partial charge in [-0.15, -0.1) is 0 Å². The van der Waals surface area contributed by atoms with Crippen LogP contribution in [0.2, 0.25) is 0 Å². The van der Waals surface area contributed by atoms with Crippen LogP contribution >= 0.6 is 0 Å². The molecule has 0 spiro atoms. The fourth-order valence-electron chi connectivity index (χ4n) is 4.51. The molecule has 1 N–H and O–H groups in total. The smallest absolute Gasteiger partial charge is 0.328 e. The van der Waals surface area contributed by atoms with E-state index in [1.165, 1.54) is 75.3 Å². The lowest BCUT2D eigenvalue weighted by Gasteiger charge is -2.29. The highest BCUT2D eigenvalue weighted by atomic mass is 16.4. The topological polar surface area (TPSA) is 37.3 Å². The molecule has 1 saturated carbocycles. The Kier molecular flexibility index (Phi) is 11.5. The molecule has 0 unspecified atom stereocenters. The van der Waals surface area contributed by atoms with Crippen LogP contribution in [-0.2, 0) is 11.2 Å². The minimum atomic E-state index is -0.898. The molecule has 0 amide bonds. The number of carboxylic acids is 1. The van der Waals surface area contributed by atoms with E-state index in [9.17, 15) is 4.79 Å². The van der Waals surface area contributed by atoms with Crippen molar-refractivity contribution in [2.75, 3.05) is 0 Å². The van der Waals surface area contributed by atoms with Crippen LogP contribution in [0.3, 0.4) is 0 Å². The van der Waals surface area contributed by atoms with E-state index in [4.69, 9.17) is 5.11 Å². The highest BCUT2D eigenvalue weighted by molar-refractivity contribution is 5.80. The lowest BCUT2D eigenvalue weighted by atomic mass is 9.77. The summed E-state index contributed by atoms with van der Waals surface area (Å²) in [5.74, 6) is 0.848. The zero-order chi connectivity index (χ0) is 20.7. The van der Waals surface area contributed by atoms with Crippen molar-refractivity contribution >= 4 is 5.97 Å². The summed E-state index contributed by atoms with van der Waals surface area (Å²) in [5, 5.41) is 8.53. The van der Waals surface area contributed by atoms with Gasteiger partial charge in [0.1, 0.15) is 0 Å². The molecule has 29 heavy (non-hydrogen) atoms. The van der Waals surface area contributed by atoms with Crippen LogP contribution in [0.1, 0.15) is 101 Å². The van der Waals surface area contributed by atoms with Crippen LogP contribution in [0, 0.1) is 5.92 Å². The van der Waals surface area contributed by atoms with Crippen molar-refractivity contribution < 1.29 is 9.90 Å². The Labute approximate surface area is 178 Å². The summed E-state index contributed by atoms with van der Waals surface area (Å²) in [6.45, 7) is 2.29. The zero-order valence-corrected chi connectivity index (χ0v) is 18.3. The lowest BCUT2D eigenvalue weighted by molar-refractivity contribution is -0.131. The SMILES string of the molecule is CCCCCCCC1CCC(c2ccc(CCC/C=C/C=C/C(=O)O)cc2)CC1. The monoisotopic (exact) mass is 396 g/mol. The van der Waals surface area contributed by atoms with Gasteiger partial charge >= 0.3 is 5.97 Å². The van der Waals surface area contributed by atoms with Crippen molar-refractivity contribution in [2.45, 2.75) is 96.3 Å².